The van der Waals surface area contributed by atoms with Gasteiger partial charge in [-0.25, -0.2) is 4.98 Å². The van der Waals surface area contributed by atoms with Gasteiger partial charge in [0.1, 0.15) is 18.1 Å². The first-order chi connectivity index (χ1) is 10.6. The number of hydrogen-bond donors (Lipinski definition) is 0. The van der Waals surface area contributed by atoms with Crippen LogP contribution in [0.3, 0.4) is 0 Å². The third kappa shape index (κ3) is 2.10. The van der Waals surface area contributed by atoms with Crippen LogP contribution in [0.15, 0.2) is 22.0 Å². The van der Waals surface area contributed by atoms with E-state index < -0.39 is 0 Å². The number of fused-ring (bicyclic) bond motifs is 3. The van der Waals surface area contributed by atoms with Crippen LogP contribution in [-0.4, -0.2) is 10.1 Å². The van der Waals surface area contributed by atoms with E-state index in [1.54, 1.807) is 22.7 Å². The SMILES string of the molecule is Cc1nc2c(cc(OCc3c(C)noc3C)c3ccsc32)s1. The highest BCUT2D eigenvalue weighted by atomic mass is 32.1. The molecule has 6 heteroatoms. The number of rotatable bonds is 3. The summed E-state index contributed by atoms with van der Waals surface area (Å²) in [4.78, 5) is 4.64. The Labute approximate surface area is 135 Å². The number of hydrogen-bond acceptors (Lipinski definition) is 6. The van der Waals surface area contributed by atoms with Gasteiger partial charge in [-0.15, -0.1) is 22.7 Å². The van der Waals surface area contributed by atoms with Crippen LogP contribution in [0, 0.1) is 20.8 Å². The summed E-state index contributed by atoms with van der Waals surface area (Å²) >= 11 is 3.41. The highest BCUT2D eigenvalue weighted by Gasteiger charge is 2.14. The minimum atomic E-state index is 0.468. The summed E-state index contributed by atoms with van der Waals surface area (Å²) in [6.45, 7) is 6.35. The molecular formula is C16H14N2O2S2. The third-order valence-electron chi connectivity index (χ3n) is 3.72. The molecule has 112 valence electrons. The maximum atomic E-state index is 6.09. The number of ether oxygens (including phenoxy) is 1. The molecule has 0 unspecified atom stereocenters. The van der Waals surface area contributed by atoms with Gasteiger partial charge in [0.25, 0.3) is 0 Å². The molecule has 0 bridgehead atoms. The molecule has 0 spiro atoms. The van der Waals surface area contributed by atoms with Gasteiger partial charge in [0.2, 0.25) is 0 Å². The van der Waals surface area contributed by atoms with Crippen molar-refractivity contribution in [3.05, 3.63) is 39.5 Å². The van der Waals surface area contributed by atoms with Gasteiger partial charge in [-0.05, 0) is 32.2 Å². The number of benzene rings is 1. The second-order valence-corrected chi connectivity index (χ2v) is 7.36. The molecule has 1 aromatic carbocycles. The Bertz CT molecular complexity index is 961. The average molecular weight is 330 g/mol. The standard InChI is InChI=1S/C16H14N2O2S2/c1-8-12(9(2)20-18-8)7-19-13-6-14-15(17-10(3)22-14)16-11(13)4-5-21-16/h4-6H,7H2,1-3H3. The monoisotopic (exact) mass is 330 g/mol. The Morgan fingerprint density at radius 2 is 2.14 bits per heavy atom. The van der Waals surface area contributed by atoms with Crippen molar-refractivity contribution in [1.82, 2.24) is 10.1 Å². The molecule has 4 aromatic rings. The number of aromatic nitrogens is 2. The van der Waals surface area contributed by atoms with E-state index in [-0.39, 0.29) is 0 Å². The zero-order chi connectivity index (χ0) is 15.3. The molecule has 0 aliphatic carbocycles. The molecule has 0 saturated heterocycles. The van der Waals surface area contributed by atoms with Crippen LogP contribution in [0.4, 0.5) is 0 Å². The third-order valence-corrected chi connectivity index (χ3v) is 5.56. The largest absolute Gasteiger partial charge is 0.488 e. The van der Waals surface area contributed by atoms with Crippen molar-refractivity contribution in [1.29, 1.82) is 0 Å². The van der Waals surface area contributed by atoms with E-state index in [1.807, 2.05) is 20.8 Å². The number of thiophene rings is 1. The van der Waals surface area contributed by atoms with E-state index in [0.717, 1.165) is 38.7 Å². The summed E-state index contributed by atoms with van der Waals surface area (Å²) in [5.74, 6) is 1.71. The van der Waals surface area contributed by atoms with Gasteiger partial charge in [-0.3, -0.25) is 0 Å². The van der Waals surface area contributed by atoms with Gasteiger partial charge in [-0.2, -0.15) is 0 Å². The van der Waals surface area contributed by atoms with Crippen LogP contribution >= 0.6 is 22.7 Å². The highest BCUT2D eigenvalue weighted by Crippen LogP contribution is 2.39. The number of nitrogens with zero attached hydrogens (tertiary/aromatic N) is 2. The molecule has 0 aliphatic rings. The average Bonchev–Trinajstić information content (AvgIpc) is 3.16. The van der Waals surface area contributed by atoms with E-state index >= 15 is 0 Å². The number of aryl methyl sites for hydroxylation is 3. The summed E-state index contributed by atoms with van der Waals surface area (Å²) in [5, 5.41) is 8.25. The normalized spacial score (nSPS) is 11.6. The Morgan fingerprint density at radius 3 is 2.91 bits per heavy atom. The van der Waals surface area contributed by atoms with Crippen molar-refractivity contribution in [3.8, 4) is 5.75 Å². The molecule has 4 rings (SSSR count). The Kier molecular flexibility index (Phi) is 3.16. The first kappa shape index (κ1) is 13.7. The van der Waals surface area contributed by atoms with Gasteiger partial charge < -0.3 is 9.26 Å². The minimum Gasteiger partial charge on any atom is -0.488 e. The summed E-state index contributed by atoms with van der Waals surface area (Å²) in [6, 6.07) is 4.18. The molecular weight excluding hydrogens is 316 g/mol. The predicted molar refractivity (Wildman–Crippen MR) is 90.0 cm³/mol. The fourth-order valence-electron chi connectivity index (χ4n) is 2.56. The topological polar surface area (TPSA) is 48.2 Å². The lowest BCUT2D eigenvalue weighted by atomic mass is 10.2. The molecule has 0 saturated carbocycles. The van der Waals surface area contributed by atoms with Gasteiger partial charge in [0.15, 0.2) is 0 Å². The zero-order valence-corrected chi connectivity index (χ0v) is 14.1. The molecule has 3 aromatic heterocycles. The Balaban J connectivity index is 1.78. The maximum absolute atomic E-state index is 6.09. The van der Waals surface area contributed by atoms with E-state index in [2.05, 4.69) is 27.7 Å². The van der Waals surface area contributed by atoms with Crippen molar-refractivity contribution < 1.29 is 9.26 Å². The second-order valence-electron chi connectivity index (χ2n) is 5.21. The van der Waals surface area contributed by atoms with E-state index in [1.165, 1.54) is 9.40 Å². The summed E-state index contributed by atoms with van der Waals surface area (Å²) in [5.41, 5.74) is 2.98. The highest BCUT2D eigenvalue weighted by molar-refractivity contribution is 7.21. The lowest BCUT2D eigenvalue weighted by molar-refractivity contribution is 0.306. The van der Waals surface area contributed by atoms with E-state index in [4.69, 9.17) is 9.26 Å². The first-order valence-corrected chi connectivity index (χ1v) is 8.65. The quantitative estimate of drug-likeness (QED) is 0.530. The van der Waals surface area contributed by atoms with Gasteiger partial charge >= 0.3 is 0 Å². The maximum Gasteiger partial charge on any atom is 0.140 e. The second kappa shape index (κ2) is 5.07. The van der Waals surface area contributed by atoms with Gasteiger partial charge in [0.05, 0.1) is 31.2 Å². The Hall–Kier alpha value is -1.92. The zero-order valence-electron chi connectivity index (χ0n) is 12.5. The first-order valence-electron chi connectivity index (χ1n) is 6.95. The van der Waals surface area contributed by atoms with Crippen LogP contribution in [0.5, 0.6) is 5.75 Å². The van der Waals surface area contributed by atoms with Crippen LogP contribution in [0.2, 0.25) is 0 Å². The molecule has 0 aliphatic heterocycles. The van der Waals surface area contributed by atoms with Crippen molar-refractivity contribution in [2.45, 2.75) is 27.4 Å². The van der Waals surface area contributed by atoms with Crippen molar-refractivity contribution in [3.63, 3.8) is 0 Å². The summed E-state index contributed by atoms with van der Waals surface area (Å²) in [7, 11) is 0. The molecule has 0 atom stereocenters. The van der Waals surface area contributed by atoms with Crippen LogP contribution in [0.1, 0.15) is 22.0 Å². The van der Waals surface area contributed by atoms with Gasteiger partial charge in [0, 0.05) is 11.5 Å². The lowest BCUT2D eigenvalue weighted by Gasteiger charge is -2.07. The predicted octanol–water partition coefficient (Wildman–Crippen LogP) is 5.00. The van der Waals surface area contributed by atoms with Crippen molar-refractivity contribution in [2.24, 2.45) is 0 Å². The van der Waals surface area contributed by atoms with Crippen molar-refractivity contribution in [2.75, 3.05) is 0 Å². The minimum absolute atomic E-state index is 0.468. The summed E-state index contributed by atoms with van der Waals surface area (Å²) in [6.07, 6.45) is 0. The van der Waals surface area contributed by atoms with Gasteiger partial charge in [-0.1, -0.05) is 5.16 Å². The number of thiazole rings is 1. The fraction of sp³-hybridized carbons (Fsp3) is 0.250. The molecule has 0 amide bonds. The fourth-order valence-corrected chi connectivity index (χ4v) is 4.40. The van der Waals surface area contributed by atoms with Crippen LogP contribution in [0.25, 0.3) is 20.3 Å². The van der Waals surface area contributed by atoms with E-state index in [9.17, 15) is 0 Å². The van der Waals surface area contributed by atoms with Crippen LogP contribution in [-0.2, 0) is 6.61 Å². The molecule has 22 heavy (non-hydrogen) atoms. The molecule has 3 heterocycles. The molecule has 4 nitrogen and oxygen atoms in total. The molecule has 0 radical (unpaired) electrons. The van der Waals surface area contributed by atoms with Crippen molar-refractivity contribution >= 4 is 43.0 Å². The Morgan fingerprint density at radius 1 is 1.27 bits per heavy atom. The molecule has 0 N–H and O–H groups in total. The lowest BCUT2D eigenvalue weighted by Crippen LogP contribution is -1.98. The summed E-state index contributed by atoms with van der Waals surface area (Å²) < 4.78 is 13.6. The smallest absolute Gasteiger partial charge is 0.140 e. The molecule has 0 fully saturated rings. The van der Waals surface area contributed by atoms with E-state index in [0.29, 0.717) is 6.61 Å². The van der Waals surface area contributed by atoms with Crippen LogP contribution < -0.4 is 4.74 Å².